The molecule has 5 nitrogen and oxygen atoms in total. The Labute approximate surface area is 125 Å². The smallest absolute Gasteiger partial charge is 0.0847 e. The molecule has 0 aliphatic carbocycles. The second kappa shape index (κ2) is 6.02. The lowest BCUT2D eigenvalue weighted by atomic mass is 9.91. The maximum atomic E-state index is 10.7. The summed E-state index contributed by atoms with van der Waals surface area (Å²) in [6, 6.07) is 0. The SMILES string of the molecule is Cc1nn(C)c(CC(O)C(C)(C)N2CCOCC2)c1Cl. The largest absolute Gasteiger partial charge is 0.391 e. The van der Waals surface area contributed by atoms with Crippen molar-refractivity contribution >= 4 is 11.6 Å². The van der Waals surface area contributed by atoms with Crippen molar-refractivity contribution in [3.63, 3.8) is 0 Å². The van der Waals surface area contributed by atoms with Gasteiger partial charge in [-0.05, 0) is 20.8 Å². The van der Waals surface area contributed by atoms with Gasteiger partial charge >= 0.3 is 0 Å². The Kier molecular flexibility index (Phi) is 4.74. The van der Waals surface area contributed by atoms with Crippen LogP contribution in [0.15, 0.2) is 0 Å². The summed E-state index contributed by atoms with van der Waals surface area (Å²) in [7, 11) is 1.86. The van der Waals surface area contributed by atoms with E-state index in [1.54, 1.807) is 4.68 Å². The van der Waals surface area contributed by atoms with Gasteiger partial charge in [0.2, 0.25) is 0 Å². The molecule has 0 saturated carbocycles. The predicted octanol–water partition coefficient (Wildman–Crippen LogP) is 1.40. The number of morpholine rings is 1. The summed E-state index contributed by atoms with van der Waals surface area (Å²) in [6.45, 7) is 9.17. The normalized spacial score (nSPS) is 19.3. The molecule has 2 heterocycles. The van der Waals surface area contributed by atoms with Gasteiger partial charge in [-0.3, -0.25) is 9.58 Å². The van der Waals surface area contributed by atoms with E-state index < -0.39 is 6.10 Å². The third-order valence-corrected chi connectivity index (χ3v) is 4.78. The van der Waals surface area contributed by atoms with Gasteiger partial charge in [0.1, 0.15) is 0 Å². The predicted molar refractivity (Wildman–Crippen MR) is 79.1 cm³/mol. The third-order valence-electron chi connectivity index (χ3n) is 4.29. The molecular weight excluding hydrogens is 278 g/mol. The van der Waals surface area contributed by atoms with E-state index in [-0.39, 0.29) is 5.54 Å². The monoisotopic (exact) mass is 301 g/mol. The first-order valence-corrected chi connectivity index (χ1v) is 7.40. The Morgan fingerprint density at radius 2 is 2.00 bits per heavy atom. The molecule has 0 bridgehead atoms. The Balaban J connectivity index is 2.11. The number of nitrogens with zero attached hydrogens (tertiary/aromatic N) is 3. The van der Waals surface area contributed by atoms with Gasteiger partial charge in [-0.2, -0.15) is 5.10 Å². The maximum absolute atomic E-state index is 10.7. The summed E-state index contributed by atoms with van der Waals surface area (Å²) in [6.07, 6.45) is -0.00605. The average molecular weight is 302 g/mol. The van der Waals surface area contributed by atoms with E-state index >= 15 is 0 Å². The van der Waals surface area contributed by atoms with E-state index in [0.717, 1.165) is 37.7 Å². The molecule has 1 saturated heterocycles. The van der Waals surface area contributed by atoms with Crippen LogP contribution in [0.1, 0.15) is 25.2 Å². The summed E-state index contributed by atoms with van der Waals surface area (Å²) in [5.74, 6) is 0. The molecule has 6 heteroatoms. The van der Waals surface area contributed by atoms with E-state index in [2.05, 4.69) is 23.8 Å². The van der Waals surface area contributed by atoms with Gasteiger partial charge in [-0.25, -0.2) is 0 Å². The van der Waals surface area contributed by atoms with Crippen LogP contribution in [0.3, 0.4) is 0 Å². The quantitative estimate of drug-likeness (QED) is 0.913. The Morgan fingerprint density at radius 3 is 2.50 bits per heavy atom. The lowest BCUT2D eigenvalue weighted by Gasteiger charge is -2.43. The Hall–Kier alpha value is -0.620. The van der Waals surface area contributed by atoms with Crippen molar-refractivity contribution in [1.82, 2.24) is 14.7 Å². The molecule has 1 aliphatic rings. The van der Waals surface area contributed by atoms with Crippen molar-refractivity contribution in [2.24, 2.45) is 7.05 Å². The molecule has 1 aromatic heterocycles. The highest BCUT2D eigenvalue weighted by molar-refractivity contribution is 6.31. The molecule has 0 spiro atoms. The number of aromatic nitrogens is 2. The maximum Gasteiger partial charge on any atom is 0.0847 e. The third kappa shape index (κ3) is 3.01. The number of aliphatic hydroxyl groups excluding tert-OH is 1. The highest BCUT2D eigenvalue weighted by Gasteiger charge is 2.36. The van der Waals surface area contributed by atoms with E-state index in [9.17, 15) is 5.11 Å². The minimum atomic E-state index is -0.507. The van der Waals surface area contributed by atoms with Gasteiger partial charge in [-0.15, -0.1) is 0 Å². The van der Waals surface area contributed by atoms with Crippen LogP contribution in [0.25, 0.3) is 0 Å². The second-order valence-corrected chi connectivity index (χ2v) is 6.32. The molecule has 1 unspecified atom stereocenters. The number of hydrogen-bond donors (Lipinski definition) is 1. The van der Waals surface area contributed by atoms with Crippen LogP contribution in [-0.2, 0) is 18.2 Å². The van der Waals surface area contributed by atoms with Crippen LogP contribution < -0.4 is 0 Å². The van der Waals surface area contributed by atoms with Crippen molar-refractivity contribution in [3.05, 3.63) is 16.4 Å². The zero-order valence-corrected chi connectivity index (χ0v) is 13.4. The molecule has 1 aliphatic heterocycles. The Morgan fingerprint density at radius 1 is 1.40 bits per heavy atom. The molecule has 2 rings (SSSR count). The summed E-state index contributed by atoms with van der Waals surface area (Å²) in [4.78, 5) is 2.28. The summed E-state index contributed by atoms with van der Waals surface area (Å²) >= 11 is 6.27. The number of aryl methyl sites for hydroxylation is 2. The van der Waals surface area contributed by atoms with Crippen LogP contribution in [0, 0.1) is 6.92 Å². The zero-order valence-electron chi connectivity index (χ0n) is 12.7. The topological polar surface area (TPSA) is 50.5 Å². The van der Waals surface area contributed by atoms with Gasteiger partial charge in [0.25, 0.3) is 0 Å². The molecule has 0 aromatic carbocycles. The highest BCUT2D eigenvalue weighted by atomic mass is 35.5. The molecule has 0 amide bonds. The lowest BCUT2D eigenvalue weighted by Crippen LogP contribution is -2.56. The van der Waals surface area contributed by atoms with Crippen LogP contribution in [0.2, 0.25) is 5.02 Å². The first-order chi connectivity index (χ1) is 9.34. The van der Waals surface area contributed by atoms with Crippen LogP contribution >= 0.6 is 11.6 Å². The molecule has 1 atom stereocenters. The molecular formula is C14H24ClN3O2. The fourth-order valence-electron chi connectivity index (χ4n) is 2.69. The van der Waals surface area contributed by atoms with E-state index in [0.29, 0.717) is 11.4 Å². The van der Waals surface area contributed by atoms with E-state index in [1.165, 1.54) is 0 Å². The fraction of sp³-hybridized carbons (Fsp3) is 0.786. The summed E-state index contributed by atoms with van der Waals surface area (Å²) in [5, 5.41) is 15.6. The molecule has 114 valence electrons. The Bertz CT molecular complexity index is 467. The molecule has 1 fully saturated rings. The summed E-state index contributed by atoms with van der Waals surface area (Å²) < 4.78 is 7.14. The molecule has 1 N–H and O–H groups in total. The van der Waals surface area contributed by atoms with Gasteiger partial charge in [0, 0.05) is 32.1 Å². The van der Waals surface area contributed by atoms with Crippen LogP contribution in [0.5, 0.6) is 0 Å². The van der Waals surface area contributed by atoms with Crippen molar-refractivity contribution in [3.8, 4) is 0 Å². The highest BCUT2D eigenvalue weighted by Crippen LogP contribution is 2.27. The van der Waals surface area contributed by atoms with Crippen molar-refractivity contribution in [2.75, 3.05) is 26.3 Å². The number of halogens is 1. The van der Waals surface area contributed by atoms with Gasteiger partial charge in [-0.1, -0.05) is 11.6 Å². The minimum Gasteiger partial charge on any atom is -0.391 e. The molecule has 0 radical (unpaired) electrons. The van der Waals surface area contributed by atoms with Gasteiger partial charge < -0.3 is 9.84 Å². The standard InChI is InChI=1S/C14H24ClN3O2/c1-10-13(15)11(17(4)16-10)9-12(19)14(2,3)18-5-7-20-8-6-18/h12,19H,5-9H2,1-4H3. The molecule has 20 heavy (non-hydrogen) atoms. The van der Waals surface area contributed by atoms with Crippen LogP contribution in [-0.4, -0.2) is 57.7 Å². The molecule has 1 aromatic rings. The van der Waals surface area contributed by atoms with Crippen LogP contribution in [0.4, 0.5) is 0 Å². The van der Waals surface area contributed by atoms with Gasteiger partial charge in [0.05, 0.1) is 35.7 Å². The first kappa shape index (κ1) is 15.8. The van der Waals surface area contributed by atoms with Gasteiger partial charge in [0.15, 0.2) is 0 Å². The summed E-state index contributed by atoms with van der Waals surface area (Å²) in [5.41, 5.74) is 1.38. The van der Waals surface area contributed by atoms with E-state index in [4.69, 9.17) is 16.3 Å². The van der Waals surface area contributed by atoms with Crippen molar-refractivity contribution in [2.45, 2.75) is 38.8 Å². The number of ether oxygens (including phenoxy) is 1. The number of rotatable bonds is 4. The second-order valence-electron chi connectivity index (χ2n) is 5.94. The lowest BCUT2D eigenvalue weighted by molar-refractivity contribution is -0.0616. The average Bonchev–Trinajstić information content (AvgIpc) is 2.66. The van der Waals surface area contributed by atoms with Crippen molar-refractivity contribution < 1.29 is 9.84 Å². The minimum absolute atomic E-state index is 0.314. The first-order valence-electron chi connectivity index (χ1n) is 7.03. The number of aliphatic hydroxyl groups is 1. The fourth-order valence-corrected chi connectivity index (χ4v) is 2.92. The number of hydrogen-bond acceptors (Lipinski definition) is 4. The van der Waals surface area contributed by atoms with Crippen molar-refractivity contribution in [1.29, 1.82) is 0 Å². The zero-order chi connectivity index (χ0) is 14.9. The van der Waals surface area contributed by atoms with E-state index in [1.807, 2.05) is 14.0 Å².